The summed E-state index contributed by atoms with van der Waals surface area (Å²) in [6, 6.07) is 11.7. The molecular formula is C24H31N3O3. The van der Waals surface area contributed by atoms with Crippen LogP contribution in [-0.2, 0) is 0 Å². The van der Waals surface area contributed by atoms with Crippen LogP contribution in [0.25, 0.3) is 6.08 Å². The molecule has 1 saturated heterocycles. The van der Waals surface area contributed by atoms with Gasteiger partial charge in [-0.05, 0) is 49.9 Å². The van der Waals surface area contributed by atoms with Gasteiger partial charge in [0.1, 0.15) is 5.75 Å². The summed E-state index contributed by atoms with van der Waals surface area (Å²) in [7, 11) is 1.57. The van der Waals surface area contributed by atoms with Crippen LogP contribution < -0.4 is 14.8 Å². The van der Waals surface area contributed by atoms with E-state index in [2.05, 4.69) is 42.4 Å². The molecule has 1 fully saturated rings. The van der Waals surface area contributed by atoms with Gasteiger partial charge in [0.25, 0.3) is 0 Å². The van der Waals surface area contributed by atoms with Crippen LogP contribution in [0.5, 0.6) is 11.6 Å². The number of nitrogens with one attached hydrogen (secondary N) is 1. The van der Waals surface area contributed by atoms with Crippen LogP contribution in [0, 0.1) is 0 Å². The molecule has 1 aliphatic rings. The number of carbonyl (C=O) groups excluding carboxylic acids is 1. The zero-order chi connectivity index (χ0) is 21.3. The van der Waals surface area contributed by atoms with Crippen molar-refractivity contribution in [2.24, 2.45) is 0 Å². The van der Waals surface area contributed by atoms with Crippen molar-refractivity contribution in [1.82, 2.24) is 9.88 Å². The first-order valence-corrected chi connectivity index (χ1v) is 10.6. The number of hydrogen-bond acceptors (Lipinski definition) is 4. The number of methoxy groups -OCH3 is 1. The highest BCUT2D eigenvalue weighted by molar-refractivity contribution is 5.89. The summed E-state index contributed by atoms with van der Waals surface area (Å²) >= 11 is 0. The second-order valence-electron chi connectivity index (χ2n) is 7.60. The normalized spacial score (nSPS) is 14.8. The molecule has 30 heavy (non-hydrogen) atoms. The minimum absolute atomic E-state index is 0.0960. The Morgan fingerprint density at radius 3 is 2.73 bits per heavy atom. The molecule has 0 saturated carbocycles. The summed E-state index contributed by atoms with van der Waals surface area (Å²) in [5.41, 5.74) is 3.16. The first-order chi connectivity index (χ1) is 14.6. The second kappa shape index (κ2) is 10.7. The van der Waals surface area contributed by atoms with Gasteiger partial charge in [-0.15, -0.1) is 0 Å². The minimum atomic E-state index is -0.0960. The molecule has 1 atom stereocenters. The third kappa shape index (κ3) is 6.24. The molecule has 0 spiro atoms. The third-order valence-electron chi connectivity index (χ3n) is 5.15. The first-order valence-electron chi connectivity index (χ1n) is 10.6. The number of piperidine rings is 1. The van der Waals surface area contributed by atoms with E-state index in [4.69, 9.17) is 9.47 Å². The van der Waals surface area contributed by atoms with E-state index in [1.54, 1.807) is 25.4 Å². The third-order valence-corrected chi connectivity index (χ3v) is 5.15. The van der Waals surface area contributed by atoms with Crippen molar-refractivity contribution in [2.75, 3.05) is 25.5 Å². The van der Waals surface area contributed by atoms with E-state index in [1.807, 2.05) is 17.0 Å². The minimum Gasteiger partial charge on any atom is -0.491 e. The van der Waals surface area contributed by atoms with E-state index in [9.17, 15) is 4.79 Å². The highest BCUT2D eigenvalue weighted by Gasteiger charge is 2.19. The fourth-order valence-electron chi connectivity index (χ4n) is 3.53. The smallest absolute Gasteiger partial charge is 0.321 e. The van der Waals surface area contributed by atoms with E-state index in [1.165, 1.54) is 5.57 Å². The molecule has 3 rings (SSSR count). The highest BCUT2D eigenvalue weighted by atomic mass is 16.5. The molecule has 2 aromatic rings. The largest absolute Gasteiger partial charge is 0.491 e. The Hall–Kier alpha value is -3.02. The van der Waals surface area contributed by atoms with Gasteiger partial charge in [-0.1, -0.05) is 37.1 Å². The molecule has 6 nitrogen and oxygen atoms in total. The number of likely N-dealkylation sites (tertiary alicyclic amines) is 1. The van der Waals surface area contributed by atoms with Crippen LogP contribution in [0.1, 0.15) is 45.1 Å². The molecule has 1 aromatic heterocycles. The van der Waals surface area contributed by atoms with E-state index < -0.39 is 0 Å². The number of hydrogen-bond donors (Lipinski definition) is 1. The lowest BCUT2D eigenvalue weighted by Gasteiger charge is -2.28. The van der Waals surface area contributed by atoms with Gasteiger partial charge < -0.3 is 19.7 Å². The van der Waals surface area contributed by atoms with Gasteiger partial charge >= 0.3 is 6.03 Å². The van der Waals surface area contributed by atoms with Gasteiger partial charge in [0.2, 0.25) is 5.88 Å². The number of pyridine rings is 1. The predicted octanol–water partition coefficient (Wildman–Crippen LogP) is 5.37. The van der Waals surface area contributed by atoms with E-state index in [0.29, 0.717) is 24.7 Å². The SMILES string of the molecule is CCCC(C)Oc1cccc(C=C2CCN(C(=O)Nc3ccc(OC)nc3)CC2)c1. The second-order valence-corrected chi connectivity index (χ2v) is 7.60. The van der Waals surface area contributed by atoms with Crippen molar-refractivity contribution in [3.8, 4) is 11.6 Å². The van der Waals surface area contributed by atoms with Gasteiger partial charge in [-0.25, -0.2) is 9.78 Å². The summed E-state index contributed by atoms with van der Waals surface area (Å²) < 4.78 is 11.0. The Kier molecular flexibility index (Phi) is 7.71. The van der Waals surface area contributed by atoms with Crippen molar-refractivity contribution in [2.45, 2.75) is 45.6 Å². The van der Waals surface area contributed by atoms with Crippen molar-refractivity contribution in [3.05, 3.63) is 53.7 Å². The van der Waals surface area contributed by atoms with E-state index in [0.717, 1.165) is 37.0 Å². The number of rotatable bonds is 7. The van der Waals surface area contributed by atoms with Crippen LogP contribution in [0.2, 0.25) is 0 Å². The predicted molar refractivity (Wildman–Crippen MR) is 120 cm³/mol. The Morgan fingerprint density at radius 2 is 2.07 bits per heavy atom. The van der Waals surface area contributed by atoms with Crippen molar-refractivity contribution in [3.63, 3.8) is 0 Å². The number of nitrogens with zero attached hydrogens (tertiary/aromatic N) is 2. The maximum absolute atomic E-state index is 12.5. The molecular weight excluding hydrogens is 378 g/mol. The molecule has 1 N–H and O–H groups in total. The maximum Gasteiger partial charge on any atom is 0.321 e. The first kappa shape index (κ1) is 21.7. The molecule has 2 heterocycles. The molecule has 2 amide bonds. The molecule has 0 aliphatic carbocycles. The zero-order valence-electron chi connectivity index (χ0n) is 18.1. The molecule has 1 unspecified atom stereocenters. The van der Waals surface area contributed by atoms with E-state index >= 15 is 0 Å². The van der Waals surface area contributed by atoms with Crippen LogP contribution in [-0.4, -0.2) is 42.2 Å². The number of amides is 2. The van der Waals surface area contributed by atoms with Gasteiger partial charge in [-0.3, -0.25) is 0 Å². The monoisotopic (exact) mass is 409 g/mol. The average Bonchev–Trinajstić information content (AvgIpc) is 2.75. The lowest BCUT2D eigenvalue weighted by atomic mass is 10.0. The summed E-state index contributed by atoms with van der Waals surface area (Å²) in [6.07, 6.45) is 7.94. The van der Waals surface area contributed by atoms with Crippen LogP contribution in [0.3, 0.4) is 0 Å². The van der Waals surface area contributed by atoms with Crippen LogP contribution >= 0.6 is 0 Å². The van der Waals surface area contributed by atoms with Gasteiger partial charge in [-0.2, -0.15) is 0 Å². The Morgan fingerprint density at radius 1 is 1.27 bits per heavy atom. The van der Waals surface area contributed by atoms with Crippen molar-refractivity contribution >= 4 is 17.8 Å². The topological polar surface area (TPSA) is 63.7 Å². The Balaban J connectivity index is 1.53. The van der Waals surface area contributed by atoms with Crippen molar-refractivity contribution < 1.29 is 14.3 Å². The summed E-state index contributed by atoms with van der Waals surface area (Å²) in [6.45, 7) is 5.68. The standard InChI is InChI=1S/C24H31N3O3/c1-4-6-18(2)30-22-8-5-7-20(16-22)15-19-11-13-27(14-12-19)24(28)26-21-9-10-23(29-3)25-17-21/h5,7-10,15-18H,4,6,11-14H2,1-3H3,(H,26,28). The lowest BCUT2D eigenvalue weighted by molar-refractivity contribution is 0.207. The molecule has 0 radical (unpaired) electrons. The molecule has 160 valence electrons. The molecule has 1 aliphatic heterocycles. The molecule has 6 heteroatoms. The van der Waals surface area contributed by atoms with Gasteiger partial charge in [0.05, 0.1) is 25.1 Å². The summed E-state index contributed by atoms with van der Waals surface area (Å²) in [5, 5.41) is 2.90. The number of carbonyl (C=O) groups is 1. The van der Waals surface area contributed by atoms with Crippen LogP contribution in [0.15, 0.2) is 48.2 Å². The fourth-order valence-corrected chi connectivity index (χ4v) is 3.53. The molecule has 0 bridgehead atoms. The molecule has 1 aromatic carbocycles. The zero-order valence-corrected chi connectivity index (χ0v) is 18.1. The summed E-state index contributed by atoms with van der Waals surface area (Å²) in [5.74, 6) is 1.44. The average molecular weight is 410 g/mol. The van der Waals surface area contributed by atoms with Crippen molar-refractivity contribution in [1.29, 1.82) is 0 Å². The maximum atomic E-state index is 12.5. The van der Waals surface area contributed by atoms with Gasteiger partial charge in [0.15, 0.2) is 0 Å². The van der Waals surface area contributed by atoms with Gasteiger partial charge in [0, 0.05) is 19.2 Å². The highest BCUT2D eigenvalue weighted by Crippen LogP contribution is 2.23. The number of urea groups is 1. The number of anilines is 1. The van der Waals surface area contributed by atoms with E-state index in [-0.39, 0.29) is 12.1 Å². The number of ether oxygens (including phenoxy) is 2. The number of aromatic nitrogens is 1. The quantitative estimate of drug-likeness (QED) is 0.668. The lowest BCUT2D eigenvalue weighted by Crippen LogP contribution is -2.39. The summed E-state index contributed by atoms with van der Waals surface area (Å²) in [4.78, 5) is 18.5. The Labute approximate surface area is 178 Å². The Bertz CT molecular complexity index is 854. The van der Waals surface area contributed by atoms with Crippen LogP contribution in [0.4, 0.5) is 10.5 Å². The number of benzene rings is 1. The fraction of sp³-hybridized carbons (Fsp3) is 0.417.